The Balaban J connectivity index is 1.96. The first-order chi connectivity index (χ1) is 9.74. The number of halogens is 2. The number of nitrogens with zero attached hydrogens (tertiary/aromatic N) is 2. The SMILES string of the molecule is Fc1ccc(N(Cc2cccs2)C2=NCCN2)c(F)c1. The van der Waals surface area contributed by atoms with Crippen LogP contribution < -0.4 is 10.2 Å². The minimum absolute atomic E-state index is 0.327. The zero-order valence-corrected chi connectivity index (χ0v) is 11.5. The van der Waals surface area contributed by atoms with Crippen LogP contribution >= 0.6 is 11.3 Å². The van der Waals surface area contributed by atoms with E-state index in [0.29, 0.717) is 24.7 Å². The lowest BCUT2D eigenvalue weighted by Crippen LogP contribution is -2.38. The molecule has 0 atom stereocenters. The summed E-state index contributed by atoms with van der Waals surface area (Å²) in [4.78, 5) is 7.16. The summed E-state index contributed by atoms with van der Waals surface area (Å²) >= 11 is 1.59. The number of nitrogens with one attached hydrogen (secondary N) is 1. The average molecular weight is 293 g/mol. The largest absolute Gasteiger partial charge is 0.354 e. The Hall–Kier alpha value is -1.95. The molecule has 0 radical (unpaired) electrons. The second-order valence-corrected chi connectivity index (χ2v) is 5.43. The quantitative estimate of drug-likeness (QED) is 0.942. The summed E-state index contributed by atoms with van der Waals surface area (Å²) in [5.41, 5.74) is 0.327. The van der Waals surface area contributed by atoms with E-state index in [9.17, 15) is 8.78 Å². The minimum atomic E-state index is -0.585. The highest BCUT2D eigenvalue weighted by Gasteiger charge is 2.20. The van der Waals surface area contributed by atoms with Gasteiger partial charge < -0.3 is 10.2 Å². The summed E-state index contributed by atoms with van der Waals surface area (Å²) in [5.74, 6) is -0.537. The van der Waals surface area contributed by atoms with Gasteiger partial charge in [0.1, 0.15) is 11.6 Å². The summed E-state index contributed by atoms with van der Waals surface area (Å²) in [7, 11) is 0. The third kappa shape index (κ3) is 2.65. The van der Waals surface area contributed by atoms with E-state index in [-0.39, 0.29) is 0 Å². The van der Waals surface area contributed by atoms with Crippen molar-refractivity contribution in [2.24, 2.45) is 4.99 Å². The fraction of sp³-hybridized carbons (Fsp3) is 0.214. The van der Waals surface area contributed by atoms with Crippen LogP contribution in [0.1, 0.15) is 4.88 Å². The molecule has 0 unspecified atom stereocenters. The molecule has 0 fully saturated rings. The van der Waals surface area contributed by atoms with Crippen LogP contribution in [0.5, 0.6) is 0 Å². The van der Waals surface area contributed by atoms with Crippen LogP contribution in [-0.2, 0) is 6.54 Å². The van der Waals surface area contributed by atoms with Gasteiger partial charge in [-0.05, 0) is 23.6 Å². The Kier molecular flexibility index (Phi) is 3.64. The van der Waals surface area contributed by atoms with Crippen LogP contribution in [0.15, 0.2) is 40.7 Å². The van der Waals surface area contributed by atoms with Crippen molar-refractivity contribution in [1.82, 2.24) is 5.32 Å². The van der Waals surface area contributed by atoms with Gasteiger partial charge in [-0.25, -0.2) is 8.78 Å². The van der Waals surface area contributed by atoms with E-state index in [1.165, 1.54) is 12.1 Å². The van der Waals surface area contributed by atoms with E-state index in [1.807, 2.05) is 17.5 Å². The molecular weight excluding hydrogens is 280 g/mol. The summed E-state index contributed by atoms with van der Waals surface area (Å²) in [5, 5.41) is 5.10. The van der Waals surface area contributed by atoms with Crippen LogP contribution in [0, 0.1) is 11.6 Å². The topological polar surface area (TPSA) is 27.6 Å². The van der Waals surface area contributed by atoms with Crippen molar-refractivity contribution in [3.8, 4) is 0 Å². The van der Waals surface area contributed by atoms with Crippen molar-refractivity contribution in [2.45, 2.75) is 6.54 Å². The highest BCUT2D eigenvalue weighted by Crippen LogP contribution is 2.24. The third-order valence-corrected chi connectivity index (χ3v) is 3.87. The Morgan fingerprint density at radius 1 is 1.30 bits per heavy atom. The molecule has 1 N–H and O–H groups in total. The molecule has 1 aliphatic heterocycles. The molecule has 1 aromatic heterocycles. The molecule has 0 saturated carbocycles. The normalized spacial score (nSPS) is 14.0. The first kappa shape index (κ1) is 13.1. The maximum absolute atomic E-state index is 14.0. The summed E-state index contributed by atoms with van der Waals surface area (Å²) in [6, 6.07) is 7.53. The van der Waals surface area contributed by atoms with Crippen molar-refractivity contribution < 1.29 is 8.78 Å². The van der Waals surface area contributed by atoms with E-state index in [0.717, 1.165) is 17.5 Å². The van der Waals surface area contributed by atoms with E-state index in [1.54, 1.807) is 16.2 Å². The van der Waals surface area contributed by atoms with Gasteiger partial charge in [0.2, 0.25) is 0 Å². The molecule has 0 saturated heterocycles. The maximum atomic E-state index is 14.0. The first-order valence-electron chi connectivity index (χ1n) is 6.27. The monoisotopic (exact) mass is 293 g/mol. The predicted octanol–water partition coefficient (Wildman–Crippen LogP) is 2.99. The molecule has 0 aliphatic carbocycles. The number of anilines is 1. The zero-order valence-electron chi connectivity index (χ0n) is 10.6. The standard InChI is InChI=1S/C14H13F2N3S/c15-10-3-4-13(12(16)8-10)19(14-17-5-6-18-14)9-11-2-1-7-20-11/h1-4,7-8H,5-6,9H2,(H,17,18). The van der Waals surface area contributed by atoms with Gasteiger partial charge in [0.05, 0.1) is 18.8 Å². The van der Waals surface area contributed by atoms with E-state index in [4.69, 9.17) is 0 Å². The van der Waals surface area contributed by atoms with Gasteiger partial charge in [0, 0.05) is 17.5 Å². The molecule has 3 nitrogen and oxygen atoms in total. The molecule has 104 valence electrons. The summed E-state index contributed by atoms with van der Waals surface area (Å²) in [6.07, 6.45) is 0. The lowest BCUT2D eigenvalue weighted by atomic mass is 10.2. The molecule has 1 aromatic carbocycles. The number of aliphatic imine (C=N–C) groups is 1. The summed E-state index contributed by atoms with van der Waals surface area (Å²) < 4.78 is 27.1. The van der Waals surface area contributed by atoms with Gasteiger partial charge >= 0.3 is 0 Å². The second kappa shape index (κ2) is 5.58. The number of thiophene rings is 1. The Bertz CT molecular complexity index is 625. The Morgan fingerprint density at radius 2 is 2.20 bits per heavy atom. The highest BCUT2D eigenvalue weighted by atomic mass is 32.1. The predicted molar refractivity (Wildman–Crippen MR) is 77.2 cm³/mol. The van der Waals surface area contributed by atoms with Crippen molar-refractivity contribution in [2.75, 3.05) is 18.0 Å². The van der Waals surface area contributed by atoms with Crippen LogP contribution in [0.3, 0.4) is 0 Å². The number of benzene rings is 1. The second-order valence-electron chi connectivity index (χ2n) is 4.39. The molecule has 0 amide bonds. The lowest BCUT2D eigenvalue weighted by molar-refractivity contribution is 0.582. The highest BCUT2D eigenvalue weighted by molar-refractivity contribution is 7.09. The van der Waals surface area contributed by atoms with E-state index >= 15 is 0 Å². The Morgan fingerprint density at radius 3 is 2.85 bits per heavy atom. The van der Waals surface area contributed by atoms with Crippen molar-refractivity contribution >= 4 is 23.0 Å². The Labute approximate surface area is 119 Å². The number of rotatable bonds is 3. The van der Waals surface area contributed by atoms with Crippen LogP contribution in [0.25, 0.3) is 0 Å². The van der Waals surface area contributed by atoms with Crippen molar-refractivity contribution in [3.05, 3.63) is 52.2 Å². The molecule has 0 bridgehead atoms. The van der Waals surface area contributed by atoms with Gasteiger partial charge in [-0.1, -0.05) is 6.07 Å². The summed E-state index contributed by atoms with van der Waals surface area (Å²) in [6.45, 7) is 1.91. The zero-order chi connectivity index (χ0) is 13.9. The molecule has 2 heterocycles. The van der Waals surface area contributed by atoms with Crippen LogP contribution in [-0.4, -0.2) is 19.0 Å². The van der Waals surface area contributed by atoms with E-state index in [2.05, 4.69) is 10.3 Å². The fourth-order valence-corrected chi connectivity index (χ4v) is 2.79. The van der Waals surface area contributed by atoms with Crippen LogP contribution in [0.4, 0.5) is 14.5 Å². The maximum Gasteiger partial charge on any atom is 0.199 e. The van der Waals surface area contributed by atoms with Gasteiger partial charge in [0.25, 0.3) is 0 Å². The number of hydrogen-bond acceptors (Lipinski definition) is 4. The molecule has 1 aliphatic rings. The third-order valence-electron chi connectivity index (χ3n) is 3.01. The van der Waals surface area contributed by atoms with Crippen molar-refractivity contribution in [3.63, 3.8) is 0 Å². The number of hydrogen-bond donors (Lipinski definition) is 1. The molecular formula is C14H13F2N3S. The fourth-order valence-electron chi connectivity index (χ4n) is 2.10. The molecule has 0 spiro atoms. The molecule has 3 rings (SSSR count). The number of guanidine groups is 1. The van der Waals surface area contributed by atoms with Gasteiger partial charge in [-0.3, -0.25) is 4.99 Å². The first-order valence-corrected chi connectivity index (χ1v) is 7.15. The van der Waals surface area contributed by atoms with Crippen LogP contribution in [0.2, 0.25) is 0 Å². The van der Waals surface area contributed by atoms with E-state index < -0.39 is 11.6 Å². The molecule has 6 heteroatoms. The van der Waals surface area contributed by atoms with Gasteiger partial charge in [0.15, 0.2) is 5.96 Å². The van der Waals surface area contributed by atoms with Gasteiger partial charge in [-0.2, -0.15) is 0 Å². The van der Waals surface area contributed by atoms with Crippen molar-refractivity contribution in [1.29, 1.82) is 0 Å². The molecule has 2 aromatic rings. The minimum Gasteiger partial charge on any atom is -0.354 e. The average Bonchev–Trinajstić information content (AvgIpc) is 3.10. The smallest absolute Gasteiger partial charge is 0.199 e. The van der Waals surface area contributed by atoms with Gasteiger partial charge in [-0.15, -0.1) is 11.3 Å². The molecule has 20 heavy (non-hydrogen) atoms. The lowest BCUT2D eigenvalue weighted by Gasteiger charge is -2.24.